The summed E-state index contributed by atoms with van der Waals surface area (Å²) < 4.78 is 18.4. The average molecular weight is 451 g/mol. The number of unbranched alkanes of at least 4 members (excludes halogenated alkanes) is 1. The molecule has 0 spiro atoms. The third-order valence-electron chi connectivity index (χ3n) is 6.09. The van der Waals surface area contributed by atoms with Gasteiger partial charge in [0.1, 0.15) is 0 Å². The lowest BCUT2D eigenvalue weighted by molar-refractivity contribution is 0.369. The number of hydrogen-bond acceptors (Lipinski definition) is 5. The first-order chi connectivity index (χ1) is 15.5. The fourth-order valence-electron chi connectivity index (χ4n) is 4.19. The lowest BCUT2D eigenvalue weighted by atomic mass is 10.1. The summed E-state index contributed by atoms with van der Waals surface area (Å²) in [6, 6.07) is 17.6. The minimum Gasteiger partial charge on any atom is -0.504 e. The number of phenolic OH excluding ortho intramolecular Hbond substituents is 1. The first-order valence-corrected chi connectivity index (χ1v) is 12.1. The predicted octanol–water partition coefficient (Wildman–Crippen LogP) is 5.21. The van der Waals surface area contributed by atoms with Crippen LogP contribution in [0.25, 0.3) is 0 Å². The summed E-state index contributed by atoms with van der Waals surface area (Å²) in [6.45, 7) is 6.52. The van der Waals surface area contributed by atoms with Crippen molar-refractivity contribution in [3.8, 4) is 11.5 Å². The second-order valence-electron chi connectivity index (χ2n) is 8.09. The van der Waals surface area contributed by atoms with Crippen molar-refractivity contribution < 1.29 is 14.1 Å². The Bertz CT molecular complexity index is 1150. The number of phenols is 1. The van der Waals surface area contributed by atoms with E-state index in [2.05, 4.69) is 36.2 Å². The van der Waals surface area contributed by atoms with Crippen LogP contribution in [0.1, 0.15) is 29.5 Å². The van der Waals surface area contributed by atoms with Crippen LogP contribution in [0.3, 0.4) is 0 Å². The van der Waals surface area contributed by atoms with E-state index in [4.69, 9.17) is 4.74 Å². The first kappa shape index (κ1) is 22.4. The van der Waals surface area contributed by atoms with E-state index in [0.717, 1.165) is 52.7 Å². The van der Waals surface area contributed by atoms with Crippen LogP contribution in [0.2, 0.25) is 0 Å². The van der Waals surface area contributed by atoms with Gasteiger partial charge >= 0.3 is 0 Å². The van der Waals surface area contributed by atoms with Crippen molar-refractivity contribution in [2.24, 2.45) is 0 Å². The van der Waals surface area contributed by atoms with Crippen molar-refractivity contribution in [2.45, 2.75) is 43.0 Å². The van der Waals surface area contributed by atoms with Gasteiger partial charge in [0.05, 0.1) is 39.1 Å². The molecule has 1 heterocycles. The van der Waals surface area contributed by atoms with Gasteiger partial charge in [-0.15, -0.1) is 0 Å². The van der Waals surface area contributed by atoms with Gasteiger partial charge in [0.15, 0.2) is 11.5 Å². The molecule has 0 saturated heterocycles. The SMILES string of the molecule is COc1cccc(CNCCCCN2c3ccccc3S(=O)c3ccc(C)c(C)c32)c1O. The monoisotopic (exact) mass is 450 g/mol. The quantitative estimate of drug-likeness (QED) is 0.462. The Kier molecular flexibility index (Phi) is 6.82. The summed E-state index contributed by atoms with van der Waals surface area (Å²) in [5.74, 6) is 0.692. The number of anilines is 2. The Morgan fingerprint density at radius 3 is 2.62 bits per heavy atom. The molecule has 0 radical (unpaired) electrons. The molecule has 32 heavy (non-hydrogen) atoms. The molecule has 3 aromatic carbocycles. The van der Waals surface area contributed by atoms with Gasteiger partial charge in [-0.05, 0) is 68.6 Å². The molecule has 3 aromatic rings. The number of ether oxygens (including phenoxy) is 1. The van der Waals surface area contributed by atoms with Gasteiger partial charge in [-0.2, -0.15) is 0 Å². The van der Waals surface area contributed by atoms with Crippen molar-refractivity contribution in [2.75, 3.05) is 25.1 Å². The minimum absolute atomic E-state index is 0.197. The van der Waals surface area contributed by atoms with Crippen molar-refractivity contribution in [1.29, 1.82) is 0 Å². The van der Waals surface area contributed by atoms with Crippen LogP contribution in [-0.4, -0.2) is 29.5 Å². The molecule has 2 N–H and O–H groups in total. The van der Waals surface area contributed by atoms with Crippen LogP contribution in [0, 0.1) is 13.8 Å². The highest BCUT2D eigenvalue weighted by atomic mass is 32.2. The molecule has 168 valence electrons. The molecule has 1 aliphatic heterocycles. The van der Waals surface area contributed by atoms with Crippen LogP contribution in [-0.2, 0) is 17.3 Å². The molecule has 0 bridgehead atoms. The Morgan fingerprint density at radius 2 is 1.81 bits per heavy atom. The number of benzene rings is 3. The second kappa shape index (κ2) is 9.76. The van der Waals surface area contributed by atoms with Gasteiger partial charge in [-0.25, -0.2) is 4.21 Å². The largest absolute Gasteiger partial charge is 0.504 e. The van der Waals surface area contributed by atoms with E-state index in [1.807, 2.05) is 36.4 Å². The molecule has 5 nitrogen and oxygen atoms in total. The van der Waals surface area contributed by atoms with Crippen LogP contribution < -0.4 is 15.0 Å². The zero-order chi connectivity index (χ0) is 22.7. The van der Waals surface area contributed by atoms with Gasteiger partial charge in [0, 0.05) is 18.7 Å². The number of nitrogens with zero attached hydrogens (tertiary/aromatic N) is 1. The fraction of sp³-hybridized carbons (Fsp3) is 0.308. The summed E-state index contributed by atoms with van der Waals surface area (Å²) in [6.07, 6.45) is 1.98. The molecule has 1 atom stereocenters. The summed E-state index contributed by atoms with van der Waals surface area (Å²) >= 11 is 0. The molecule has 0 aromatic heterocycles. The number of aryl methyl sites for hydroxylation is 1. The van der Waals surface area contributed by atoms with E-state index in [1.54, 1.807) is 13.2 Å². The van der Waals surface area contributed by atoms with E-state index in [0.29, 0.717) is 12.3 Å². The third kappa shape index (κ3) is 4.25. The Hall–Kier alpha value is -2.83. The topological polar surface area (TPSA) is 61.8 Å². The molecule has 4 rings (SSSR count). The molecule has 1 unspecified atom stereocenters. The molecule has 0 fully saturated rings. The Balaban J connectivity index is 1.41. The van der Waals surface area contributed by atoms with Crippen molar-refractivity contribution >= 4 is 22.2 Å². The van der Waals surface area contributed by atoms with Crippen molar-refractivity contribution in [3.05, 3.63) is 71.3 Å². The summed E-state index contributed by atoms with van der Waals surface area (Å²) in [7, 11) is 0.403. The average Bonchev–Trinajstić information content (AvgIpc) is 2.81. The molecular weight excluding hydrogens is 420 g/mol. The number of fused-ring (bicyclic) bond motifs is 2. The van der Waals surface area contributed by atoms with Gasteiger partial charge < -0.3 is 20.1 Å². The predicted molar refractivity (Wildman–Crippen MR) is 130 cm³/mol. The first-order valence-electron chi connectivity index (χ1n) is 11.0. The lowest BCUT2D eigenvalue weighted by Gasteiger charge is -2.34. The second-order valence-corrected chi connectivity index (χ2v) is 9.51. The van der Waals surface area contributed by atoms with E-state index in [-0.39, 0.29) is 5.75 Å². The molecule has 6 heteroatoms. The molecule has 0 saturated carbocycles. The number of hydrogen-bond donors (Lipinski definition) is 2. The maximum Gasteiger partial charge on any atom is 0.162 e. The van der Waals surface area contributed by atoms with Crippen LogP contribution in [0.4, 0.5) is 11.4 Å². The smallest absolute Gasteiger partial charge is 0.162 e. The lowest BCUT2D eigenvalue weighted by Crippen LogP contribution is -2.27. The highest BCUT2D eigenvalue weighted by Crippen LogP contribution is 2.44. The molecule has 0 aliphatic carbocycles. The third-order valence-corrected chi connectivity index (χ3v) is 7.57. The zero-order valence-corrected chi connectivity index (χ0v) is 19.7. The molecule has 1 aliphatic rings. The Morgan fingerprint density at radius 1 is 1.00 bits per heavy atom. The summed E-state index contributed by atoms with van der Waals surface area (Å²) in [5.41, 5.74) is 5.37. The maximum absolute atomic E-state index is 13.2. The van der Waals surface area contributed by atoms with Gasteiger partial charge in [0.25, 0.3) is 0 Å². The molecular formula is C26H30N2O3S. The standard InChI is InChI=1S/C26H30N2O3S/c1-18-13-14-24-25(19(18)2)28(21-10-4-5-12-23(21)32(24)30)16-7-6-15-27-17-20-9-8-11-22(31-3)26(20)29/h4-5,8-14,27,29H,6-7,15-17H2,1-3H3. The highest BCUT2D eigenvalue weighted by Gasteiger charge is 2.29. The summed E-state index contributed by atoms with van der Waals surface area (Å²) in [4.78, 5) is 4.12. The number of nitrogens with one attached hydrogen (secondary N) is 1. The van der Waals surface area contributed by atoms with E-state index in [1.165, 1.54) is 11.1 Å². The van der Waals surface area contributed by atoms with E-state index in [9.17, 15) is 9.32 Å². The number of methoxy groups -OCH3 is 1. The highest BCUT2D eigenvalue weighted by molar-refractivity contribution is 7.85. The zero-order valence-electron chi connectivity index (χ0n) is 18.9. The van der Waals surface area contributed by atoms with Crippen LogP contribution >= 0.6 is 0 Å². The normalized spacial score (nSPS) is 14.7. The van der Waals surface area contributed by atoms with Gasteiger partial charge in [0.2, 0.25) is 0 Å². The molecule has 0 amide bonds. The number of para-hydroxylation sites is 2. The minimum atomic E-state index is -1.15. The van der Waals surface area contributed by atoms with Crippen LogP contribution in [0.15, 0.2) is 64.4 Å². The van der Waals surface area contributed by atoms with Gasteiger partial charge in [-0.1, -0.05) is 30.3 Å². The van der Waals surface area contributed by atoms with Crippen molar-refractivity contribution in [1.82, 2.24) is 5.32 Å². The van der Waals surface area contributed by atoms with Crippen LogP contribution in [0.5, 0.6) is 11.5 Å². The summed E-state index contributed by atoms with van der Waals surface area (Å²) in [5, 5.41) is 13.6. The van der Waals surface area contributed by atoms with Gasteiger partial charge in [-0.3, -0.25) is 0 Å². The number of rotatable bonds is 8. The van der Waals surface area contributed by atoms with E-state index >= 15 is 0 Å². The van der Waals surface area contributed by atoms with E-state index < -0.39 is 10.8 Å². The maximum atomic E-state index is 13.2. The van der Waals surface area contributed by atoms with Crippen molar-refractivity contribution in [3.63, 3.8) is 0 Å². The Labute approximate surface area is 192 Å². The number of aromatic hydroxyl groups is 1. The fourth-order valence-corrected chi connectivity index (χ4v) is 5.63.